The Balaban J connectivity index is 2.11. The quantitative estimate of drug-likeness (QED) is 0.910. The van der Waals surface area contributed by atoms with Gasteiger partial charge in [0.25, 0.3) is 0 Å². The highest BCUT2D eigenvalue weighted by Crippen LogP contribution is 2.18. The predicted molar refractivity (Wildman–Crippen MR) is 73.4 cm³/mol. The number of aliphatic hydroxyl groups excluding tert-OH is 1. The van der Waals surface area contributed by atoms with Crippen LogP contribution in [0.15, 0.2) is 42.6 Å². The summed E-state index contributed by atoms with van der Waals surface area (Å²) in [5.41, 5.74) is 3.35. The van der Waals surface area contributed by atoms with Gasteiger partial charge in [-0.25, -0.2) is 0 Å². The Bertz CT molecular complexity index is 584. The summed E-state index contributed by atoms with van der Waals surface area (Å²) in [5, 5.41) is 19.0. The largest absolute Gasteiger partial charge is 0.388 e. The number of rotatable bonds is 4. The molecule has 0 aliphatic heterocycles. The Labute approximate surface area is 113 Å². The monoisotopic (exact) mass is 252 g/mol. The number of benzene rings is 1. The van der Waals surface area contributed by atoms with Crippen molar-refractivity contribution in [1.29, 1.82) is 5.26 Å². The lowest BCUT2D eigenvalue weighted by Gasteiger charge is -2.11. The summed E-state index contributed by atoms with van der Waals surface area (Å²) in [5.74, 6) is 0. The van der Waals surface area contributed by atoms with E-state index in [1.807, 2.05) is 24.4 Å². The predicted octanol–water partition coefficient (Wildman–Crippen LogP) is 2.79. The summed E-state index contributed by atoms with van der Waals surface area (Å²) in [7, 11) is 0. The van der Waals surface area contributed by atoms with Crippen molar-refractivity contribution in [1.82, 2.24) is 4.98 Å². The summed E-state index contributed by atoms with van der Waals surface area (Å²) >= 11 is 0. The van der Waals surface area contributed by atoms with Crippen LogP contribution < -0.4 is 0 Å². The summed E-state index contributed by atoms with van der Waals surface area (Å²) in [4.78, 5) is 4.33. The van der Waals surface area contributed by atoms with E-state index in [0.717, 1.165) is 17.7 Å². The highest BCUT2D eigenvalue weighted by molar-refractivity contribution is 5.34. The van der Waals surface area contributed by atoms with Crippen LogP contribution in [0.1, 0.15) is 35.4 Å². The van der Waals surface area contributed by atoms with Crippen LogP contribution in [0, 0.1) is 11.3 Å². The molecule has 3 nitrogen and oxygen atoms in total. The van der Waals surface area contributed by atoms with Crippen LogP contribution in [0.4, 0.5) is 0 Å². The summed E-state index contributed by atoms with van der Waals surface area (Å²) in [6.07, 6.45) is 2.63. The number of pyridine rings is 1. The van der Waals surface area contributed by atoms with E-state index in [9.17, 15) is 5.11 Å². The number of aliphatic hydroxyl groups is 1. The Morgan fingerprint density at radius 2 is 2.16 bits per heavy atom. The SMILES string of the molecule is CCc1ccc(CC(O)c2cccc(C#N)c2)nc1. The number of nitrogens with zero attached hydrogens (tertiary/aromatic N) is 2. The summed E-state index contributed by atoms with van der Waals surface area (Å²) in [6.45, 7) is 2.08. The number of hydrogen-bond acceptors (Lipinski definition) is 3. The molecule has 0 radical (unpaired) electrons. The van der Waals surface area contributed by atoms with Crippen molar-refractivity contribution in [3.05, 3.63) is 65.0 Å². The first kappa shape index (κ1) is 13.3. The van der Waals surface area contributed by atoms with Gasteiger partial charge in [0, 0.05) is 18.3 Å². The fourth-order valence-electron chi connectivity index (χ4n) is 1.92. The molecular formula is C16H16N2O. The standard InChI is InChI=1S/C16H16N2O/c1-2-12-6-7-15(18-11-12)9-16(19)14-5-3-4-13(8-14)10-17/h3-8,11,16,19H,2,9H2,1H3. The van der Waals surface area contributed by atoms with Crippen LogP contribution in [0.5, 0.6) is 0 Å². The maximum atomic E-state index is 10.2. The van der Waals surface area contributed by atoms with Crippen molar-refractivity contribution < 1.29 is 5.11 Å². The third kappa shape index (κ3) is 3.40. The molecule has 2 aromatic rings. The lowest BCUT2D eigenvalue weighted by atomic mass is 10.0. The van der Waals surface area contributed by atoms with Gasteiger partial charge in [-0.1, -0.05) is 25.1 Å². The molecule has 0 spiro atoms. The molecule has 2 rings (SSSR count). The van der Waals surface area contributed by atoms with Gasteiger partial charge in [-0.3, -0.25) is 4.98 Å². The Morgan fingerprint density at radius 3 is 2.79 bits per heavy atom. The van der Waals surface area contributed by atoms with Gasteiger partial charge in [-0.15, -0.1) is 0 Å². The molecule has 1 heterocycles. The van der Waals surface area contributed by atoms with Gasteiger partial charge in [0.15, 0.2) is 0 Å². The molecule has 0 amide bonds. The van der Waals surface area contributed by atoms with E-state index >= 15 is 0 Å². The molecule has 3 heteroatoms. The van der Waals surface area contributed by atoms with E-state index < -0.39 is 6.10 Å². The molecule has 1 unspecified atom stereocenters. The molecule has 0 aliphatic rings. The second-order valence-electron chi connectivity index (χ2n) is 4.47. The Hall–Kier alpha value is -2.18. The molecule has 0 bridgehead atoms. The molecule has 0 fully saturated rings. The third-order valence-electron chi connectivity index (χ3n) is 3.10. The third-order valence-corrected chi connectivity index (χ3v) is 3.10. The first-order valence-electron chi connectivity index (χ1n) is 6.35. The molecule has 96 valence electrons. The molecular weight excluding hydrogens is 236 g/mol. The van der Waals surface area contributed by atoms with Gasteiger partial charge in [0.05, 0.1) is 17.7 Å². The maximum absolute atomic E-state index is 10.2. The van der Waals surface area contributed by atoms with E-state index in [1.54, 1.807) is 18.2 Å². The topological polar surface area (TPSA) is 56.9 Å². The molecule has 1 aromatic carbocycles. The van der Waals surface area contributed by atoms with Crippen LogP contribution in [0.2, 0.25) is 0 Å². The van der Waals surface area contributed by atoms with Crippen LogP contribution in [-0.2, 0) is 12.8 Å². The van der Waals surface area contributed by atoms with Crippen LogP contribution in [0.3, 0.4) is 0 Å². The van der Waals surface area contributed by atoms with E-state index in [-0.39, 0.29) is 0 Å². The van der Waals surface area contributed by atoms with Gasteiger partial charge < -0.3 is 5.11 Å². The van der Waals surface area contributed by atoms with E-state index in [0.29, 0.717) is 12.0 Å². The summed E-state index contributed by atoms with van der Waals surface area (Å²) < 4.78 is 0. The van der Waals surface area contributed by atoms with Crippen LogP contribution in [-0.4, -0.2) is 10.1 Å². The molecule has 1 atom stereocenters. The number of nitriles is 1. The smallest absolute Gasteiger partial charge is 0.0991 e. The molecule has 19 heavy (non-hydrogen) atoms. The summed E-state index contributed by atoms with van der Waals surface area (Å²) in [6, 6.07) is 13.1. The average molecular weight is 252 g/mol. The van der Waals surface area contributed by atoms with Crippen molar-refractivity contribution in [2.24, 2.45) is 0 Å². The second-order valence-corrected chi connectivity index (χ2v) is 4.47. The zero-order valence-electron chi connectivity index (χ0n) is 10.9. The molecule has 0 aliphatic carbocycles. The number of aryl methyl sites for hydroxylation is 1. The van der Waals surface area contributed by atoms with Crippen LogP contribution >= 0.6 is 0 Å². The minimum atomic E-state index is -0.631. The van der Waals surface area contributed by atoms with Crippen molar-refractivity contribution in [2.45, 2.75) is 25.9 Å². The molecule has 0 saturated carbocycles. The van der Waals surface area contributed by atoms with E-state index in [2.05, 4.69) is 18.0 Å². The molecule has 1 aromatic heterocycles. The van der Waals surface area contributed by atoms with Gasteiger partial charge in [0.2, 0.25) is 0 Å². The fourth-order valence-corrected chi connectivity index (χ4v) is 1.92. The van der Waals surface area contributed by atoms with Gasteiger partial charge in [-0.05, 0) is 35.7 Å². The van der Waals surface area contributed by atoms with Crippen molar-refractivity contribution in [3.63, 3.8) is 0 Å². The van der Waals surface area contributed by atoms with Gasteiger partial charge >= 0.3 is 0 Å². The molecule has 0 saturated heterocycles. The van der Waals surface area contributed by atoms with Gasteiger partial charge in [-0.2, -0.15) is 5.26 Å². The van der Waals surface area contributed by atoms with Crippen molar-refractivity contribution >= 4 is 0 Å². The fraction of sp³-hybridized carbons (Fsp3) is 0.250. The van der Waals surface area contributed by atoms with Crippen molar-refractivity contribution in [3.8, 4) is 6.07 Å². The Morgan fingerprint density at radius 1 is 1.32 bits per heavy atom. The number of hydrogen-bond donors (Lipinski definition) is 1. The Kier molecular flexibility index (Phi) is 4.27. The van der Waals surface area contributed by atoms with E-state index in [4.69, 9.17) is 5.26 Å². The highest BCUT2D eigenvalue weighted by atomic mass is 16.3. The lowest BCUT2D eigenvalue weighted by Crippen LogP contribution is -2.04. The first-order chi connectivity index (χ1) is 9.22. The van der Waals surface area contributed by atoms with Gasteiger partial charge in [0.1, 0.15) is 0 Å². The molecule has 1 N–H and O–H groups in total. The van der Waals surface area contributed by atoms with Crippen molar-refractivity contribution in [2.75, 3.05) is 0 Å². The van der Waals surface area contributed by atoms with E-state index in [1.165, 1.54) is 5.56 Å². The normalized spacial score (nSPS) is 11.8. The zero-order chi connectivity index (χ0) is 13.7. The second kappa shape index (κ2) is 6.12. The maximum Gasteiger partial charge on any atom is 0.0991 e. The minimum Gasteiger partial charge on any atom is -0.388 e. The first-order valence-corrected chi connectivity index (χ1v) is 6.35. The minimum absolute atomic E-state index is 0.457. The highest BCUT2D eigenvalue weighted by Gasteiger charge is 2.10. The zero-order valence-corrected chi connectivity index (χ0v) is 10.9. The number of aromatic nitrogens is 1. The van der Waals surface area contributed by atoms with Crippen LogP contribution in [0.25, 0.3) is 0 Å². The average Bonchev–Trinajstić information content (AvgIpc) is 2.48. The lowest BCUT2D eigenvalue weighted by molar-refractivity contribution is 0.177.